The predicted molar refractivity (Wildman–Crippen MR) is 108 cm³/mol. The number of benzene rings is 2. The van der Waals surface area contributed by atoms with Crippen LogP contribution >= 0.6 is 0 Å². The van der Waals surface area contributed by atoms with Gasteiger partial charge < -0.3 is 20.1 Å². The molecule has 0 unspecified atom stereocenters. The lowest BCUT2D eigenvalue weighted by Gasteiger charge is -2.24. The predicted octanol–water partition coefficient (Wildman–Crippen LogP) is 3.51. The topological polar surface area (TPSA) is 94.5 Å². The Labute approximate surface area is 179 Å². The minimum Gasteiger partial charge on any atom is -0.493 e. The van der Waals surface area contributed by atoms with E-state index in [1.54, 1.807) is 18.2 Å². The molecule has 2 aromatic carbocycles. The van der Waals surface area contributed by atoms with Gasteiger partial charge in [0.25, 0.3) is 0 Å². The fraction of sp³-hybridized carbons (Fsp3) is 0.190. The second kappa shape index (κ2) is 8.25. The largest absolute Gasteiger partial charge is 0.493 e. The molecule has 2 amide bonds. The van der Waals surface area contributed by atoms with Gasteiger partial charge >= 0.3 is 0 Å². The zero-order chi connectivity index (χ0) is 23.0. The Morgan fingerprint density at radius 1 is 1.12 bits per heavy atom. The molecule has 0 radical (unpaired) electrons. The van der Waals surface area contributed by atoms with E-state index in [1.807, 2.05) is 0 Å². The van der Waals surface area contributed by atoms with Gasteiger partial charge in [0.05, 0.1) is 32.5 Å². The standard InChI is InChI=1S/C21H17F3N4O4/c1-31-15-6-3-10(7-16(15)32-2)11-9-25-28-14(8-17(29)27-20(11)28)21(30)26-13-5-4-12(22)18(23)19(13)24/h3-7,9,14H,8H2,1-2H3,(H,26,30)(H,27,29)/t14-/m1/s1. The van der Waals surface area contributed by atoms with E-state index in [1.165, 1.54) is 25.1 Å². The molecule has 11 heteroatoms. The fourth-order valence-electron chi connectivity index (χ4n) is 3.43. The Hall–Kier alpha value is -4.02. The van der Waals surface area contributed by atoms with Crippen LogP contribution in [0.3, 0.4) is 0 Å². The minimum atomic E-state index is -1.71. The monoisotopic (exact) mass is 446 g/mol. The summed E-state index contributed by atoms with van der Waals surface area (Å²) in [4.78, 5) is 25.1. The van der Waals surface area contributed by atoms with Crippen LogP contribution in [0.15, 0.2) is 36.5 Å². The third-order valence-corrected chi connectivity index (χ3v) is 5.02. The van der Waals surface area contributed by atoms with Crippen molar-refractivity contribution in [1.29, 1.82) is 0 Å². The first-order valence-corrected chi connectivity index (χ1v) is 9.38. The highest BCUT2D eigenvalue weighted by atomic mass is 19.2. The highest BCUT2D eigenvalue weighted by Gasteiger charge is 2.34. The normalized spacial score (nSPS) is 15.0. The van der Waals surface area contributed by atoms with Crippen LogP contribution in [0.25, 0.3) is 11.1 Å². The van der Waals surface area contributed by atoms with Gasteiger partial charge in [-0.15, -0.1) is 0 Å². The summed E-state index contributed by atoms with van der Waals surface area (Å²) in [7, 11) is 2.98. The van der Waals surface area contributed by atoms with Crippen molar-refractivity contribution >= 4 is 23.3 Å². The van der Waals surface area contributed by atoms with Crippen molar-refractivity contribution in [3.63, 3.8) is 0 Å². The third-order valence-electron chi connectivity index (χ3n) is 5.02. The second-order valence-electron chi connectivity index (χ2n) is 6.90. The van der Waals surface area contributed by atoms with Crippen molar-refractivity contribution in [2.45, 2.75) is 12.5 Å². The minimum absolute atomic E-state index is 0.249. The number of aromatic nitrogens is 2. The number of ether oxygens (including phenoxy) is 2. The quantitative estimate of drug-likeness (QED) is 0.585. The molecule has 8 nitrogen and oxygen atoms in total. The van der Waals surface area contributed by atoms with E-state index in [0.717, 1.165) is 6.07 Å². The van der Waals surface area contributed by atoms with E-state index in [-0.39, 0.29) is 12.2 Å². The van der Waals surface area contributed by atoms with E-state index in [4.69, 9.17) is 9.47 Å². The molecule has 2 heterocycles. The van der Waals surface area contributed by atoms with Crippen molar-refractivity contribution in [2.75, 3.05) is 24.9 Å². The molecule has 1 atom stereocenters. The molecule has 1 aromatic heterocycles. The van der Waals surface area contributed by atoms with Gasteiger partial charge in [0.1, 0.15) is 11.9 Å². The number of hydrogen-bond donors (Lipinski definition) is 2. The molecule has 0 saturated carbocycles. The zero-order valence-electron chi connectivity index (χ0n) is 16.9. The fourth-order valence-corrected chi connectivity index (χ4v) is 3.43. The van der Waals surface area contributed by atoms with Gasteiger partial charge in [0.15, 0.2) is 29.0 Å². The van der Waals surface area contributed by atoms with Crippen molar-refractivity contribution in [2.24, 2.45) is 0 Å². The first kappa shape index (κ1) is 21.2. The number of amides is 2. The van der Waals surface area contributed by atoms with Crippen molar-refractivity contribution in [3.05, 3.63) is 54.0 Å². The lowest BCUT2D eigenvalue weighted by Crippen LogP contribution is -2.36. The van der Waals surface area contributed by atoms with Crippen molar-refractivity contribution in [3.8, 4) is 22.6 Å². The molecule has 0 bridgehead atoms. The maximum absolute atomic E-state index is 14.0. The first-order valence-electron chi connectivity index (χ1n) is 9.38. The summed E-state index contributed by atoms with van der Waals surface area (Å²) in [5.74, 6) is -4.70. The van der Waals surface area contributed by atoms with Crippen LogP contribution < -0.4 is 20.1 Å². The van der Waals surface area contributed by atoms with E-state index in [9.17, 15) is 22.8 Å². The SMILES string of the molecule is COc1ccc(-c2cnn3c2NC(=O)C[C@@H]3C(=O)Nc2ccc(F)c(F)c2F)cc1OC. The highest BCUT2D eigenvalue weighted by Crippen LogP contribution is 2.38. The summed E-state index contributed by atoms with van der Waals surface area (Å²) in [5, 5.41) is 9.07. The molecule has 1 aliphatic heterocycles. The van der Waals surface area contributed by atoms with E-state index >= 15 is 0 Å². The Balaban J connectivity index is 1.68. The molecule has 0 fully saturated rings. The maximum Gasteiger partial charge on any atom is 0.249 e. The van der Waals surface area contributed by atoms with Gasteiger partial charge in [-0.2, -0.15) is 5.10 Å². The summed E-state index contributed by atoms with van der Waals surface area (Å²) in [5.41, 5.74) is 0.599. The number of rotatable bonds is 5. The van der Waals surface area contributed by atoms with Crippen LogP contribution in [0.5, 0.6) is 11.5 Å². The lowest BCUT2D eigenvalue weighted by molar-refractivity contribution is -0.125. The molecule has 4 rings (SSSR count). The van der Waals surface area contributed by atoms with Gasteiger partial charge in [0, 0.05) is 5.56 Å². The second-order valence-corrected chi connectivity index (χ2v) is 6.90. The summed E-state index contributed by atoms with van der Waals surface area (Å²) in [6.45, 7) is 0. The Kier molecular flexibility index (Phi) is 5.47. The van der Waals surface area contributed by atoms with Crippen molar-refractivity contribution in [1.82, 2.24) is 9.78 Å². The maximum atomic E-state index is 14.0. The number of hydrogen-bond acceptors (Lipinski definition) is 5. The number of halogens is 3. The number of methoxy groups -OCH3 is 2. The third kappa shape index (κ3) is 3.61. The molecule has 1 aliphatic rings. The van der Waals surface area contributed by atoms with Gasteiger partial charge in [-0.25, -0.2) is 17.9 Å². The van der Waals surface area contributed by atoms with Gasteiger partial charge in [-0.3, -0.25) is 9.59 Å². The van der Waals surface area contributed by atoms with Crippen LogP contribution in [0.4, 0.5) is 24.7 Å². The van der Waals surface area contributed by atoms with Gasteiger partial charge in [-0.1, -0.05) is 6.07 Å². The summed E-state index contributed by atoms with van der Waals surface area (Å²) in [6.07, 6.45) is 1.18. The highest BCUT2D eigenvalue weighted by molar-refractivity contribution is 6.03. The van der Waals surface area contributed by atoms with Crippen LogP contribution in [-0.4, -0.2) is 35.8 Å². The molecular weight excluding hydrogens is 429 g/mol. The van der Waals surface area contributed by atoms with Crippen LogP contribution in [0.2, 0.25) is 0 Å². The summed E-state index contributed by atoms with van der Waals surface area (Å²) in [6, 6.07) is 5.54. The van der Waals surface area contributed by atoms with Gasteiger partial charge in [0.2, 0.25) is 11.8 Å². The average molecular weight is 446 g/mol. The summed E-state index contributed by atoms with van der Waals surface area (Å²) >= 11 is 0. The number of nitrogens with zero attached hydrogens (tertiary/aromatic N) is 2. The average Bonchev–Trinajstić information content (AvgIpc) is 3.21. The number of carbonyl (C=O) groups is 2. The zero-order valence-corrected chi connectivity index (χ0v) is 16.9. The van der Waals surface area contributed by atoms with E-state index in [0.29, 0.717) is 28.7 Å². The first-order chi connectivity index (χ1) is 15.3. The van der Waals surface area contributed by atoms with E-state index in [2.05, 4.69) is 15.7 Å². The summed E-state index contributed by atoms with van der Waals surface area (Å²) < 4.78 is 52.4. The number of fused-ring (bicyclic) bond motifs is 1. The number of nitrogens with one attached hydrogen (secondary N) is 2. The lowest BCUT2D eigenvalue weighted by atomic mass is 10.1. The number of carbonyl (C=O) groups excluding carboxylic acids is 2. The molecule has 32 heavy (non-hydrogen) atoms. The molecule has 166 valence electrons. The smallest absolute Gasteiger partial charge is 0.249 e. The Morgan fingerprint density at radius 2 is 1.88 bits per heavy atom. The van der Waals surface area contributed by atoms with Gasteiger partial charge in [-0.05, 0) is 29.8 Å². The molecule has 2 N–H and O–H groups in total. The molecular formula is C21H17F3N4O4. The van der Waals surface area contributed by atoms with Crippen LogP contribution in [0.1, 0.15) is 12.5 Å². The molecule has 3 aromatic rings. The van der Waals surface area contributed by atoms with Crippen molar-refractivity contribution < 1.29 is 32.2 Å². The Bertz CT molecular complexity index is 1230. The van der Waals surface area contributed by atoms with E-state index < -0.39 is 41.0 Å². The molecule has 0 aliphatic carbocycles. The van der Waals surface area contributed by atoms with Crippen LogP contribution in [0, 0.1) is 17.5 Å². The molecule has 0 saturated heterocycles. The Morgan fingerprint density at radius 3 is 2.59 bits per heavy atom. The molecule has 0 spiro atoms. The number of anilines is 2. The van der Waals surface area contributed by atoms with Crippen LogP contribution in [-0.2, 0) is 9.59 Å².